The van der Waals surface area contributed by atoms with Crippen LogP contribution in [0.5, 0.6) is 5.75 Å². The Bertz CT molecular complexity index is 567. The number of nitrogens with two attached hydrogens (primary N) is 1. The van der Waals surface area contributed by atoms with Gasteiger partial charge in [0.05, 0.1) is 12.2 Å². The van der Waals surface area contributed by atoms with E-state index in [0.717, 1.165) is 24.6 Å². The Labute approximate surface area is 107 Å². The van der Waals surface area contributed by atoms with Crippen LogP contribution >= 0.6 is 0 Å². The zero-order valence-electron chi connectivity index (χ0n) is 10.6. The third-order valence-corrected chi connectivity index (χ3v) is 3.62. The first kappa shape index (κ1) is 11.4. The topological polar surface area (TPSA) is 38.5 Å². The summed E-state index contributed by atoms with van der Waals surface area (Å²) >= 11 is 0. The lowest BCUT2D eigenvalue weighted by atomic mass is 10.1. The van der Waals surface area contributed by atoms with Crippen molar-refractivity contribution in [2.45, 2.75) is 13.0 Å². The molecule has 3 nitrogen and oxygen atoms in total. The number of rotatable bonds is 2. The van der Waals surface area contributed by atoms with Crippen molar-refractivity contribution >= 4 is 16.5 Å². The minimum atomic E-state index is 0.341. The van der Waals surface area contributed by atoms with Crippen molar-refractivity contribution in [3.8, 4) is 5.75 Å². The molecule has 0 saturated carbocycles. The Morgan fingerprint density at radius 2 is 2.11 bits per heavy atom. The zero-order valence-corrected chi connectivity index (χ0v) is 10.6. The maximum Gasteiger partial charge on any atom is 0.150 e. The van der Waals surface area contributed by atoms with Gasteiger partial charge in [-0.25, -0.2) is 0 Å². The van der Waals surface area contributed by atoms with Crippen LogP contribution in [0.25, 0.3) is 10.8 Å². The van der Waals surface area contributed by atoms with Gasteiger partial charge in [0.1, 0.15) is 6.61 Å². The van der Waals surface area contributed by atoms with Gasteiger partial charge in [-0.05, 0) is 18.4 Å². The first-order valence-electron chi connectivity index (χ1n) is 6.42. The molecule has 1 unspecified atom stereocenters. The van der Waals surface area contributed by atoms with E-state index in [1.165, 1.54) is 10.8 Å². The van der Waals surface area contributed by atoms with E-state index in [9.17, 15) is 0 Å². The van der Waals surface area contributed by atoms with E-state index in [1.807, 2.05) is 0 Å². The summed E-state index contributed by atoms with van der Waals surface area (Å²) in [4.78, 5) is 2.34. The Hall–Kier alpha value is -1.74. The summed E-state index contributed by atoms with van der Waals surface area (Å²) in [6.45, 7) is 4.45. The van der Waals surface area contributed by atoms with Gasteiger partial charge < -0.3 is 15.4 Å². The highest BCUT2D eigenvalue weighted by atomic mass is 16.5. The second kappa shape index (κ2) is 4.50. The number of hydrogen-bond acceptors (Lipinski definition) is 3. The minimum absolute atomic E-state index is 0.341. The van der Waals surface area contributed by atoms with Crippen LogP contribution in [0.15, 0.2) is 36.4 Å². The fourth-order valence-corrected chi connectivity index (χ4v) is 2.56. The van der Waals surface area contributed by atoms with Gasteiger partial charge >= 0.3 is 0 Å². The predicted molar refractivity (Wildman–Crippen MR) is 75.3 cm³/mol. The smallest absolute Gasteiger partial charge is 0.150 e. The maximum absolute atomic E-state index is 5.88. The predicted octanol–water partition coefficient (Wildman–Crippen LogP) is 2.39. The fraction of sp³-hybridized carbons (Fsp3) is 0.333. The number of anilines is 1. The highest BCUT2D eigenvalue weighted by Gasteiger charge is 2.23. The number of fused-ring (bicyclic) bond motifs is 3. The first-order valence-corrected chi connectivity index (χ1v) is 6.42. The second-order valence-corrected chi connectivity index (χ2v) is 4.76. The van der Waals surface area contributed by atoms with Crippen LogP contribution in [0.2, 0.25) is 0 Å². The van der Waals surface area contributed by atoms with Crippen molar-refractivity contribution in [3.63, 3.8) is 0 Å². The van der Waals surface area contributed by atoms with Gasteiger partial charge in [0.25, 0.3) is 0 Å². The molecule has 1 aliphatic heterocycles. The van der Waals surface area contributed by atoms with Gasteiger partial charge in [0.2, 0.25) is 0 Å². The van der Waals surface area contributed by atoms with Crippen LogP contribution in [0.1, 0.15) is 6.92 Å². The Morgan fingerprint density at radius 1 is 1.28 bits per heavy atom. The van der Waals surface area contributed by atoms with Crippen LogP contribution < -0.4 is 15.4 Å². The van der Waals surface area contributed by atoms with E-state index in [1.54, 1.807) is 0 Å². The van der Waals surface area contributed by atoms with Gasteiger partial charge in [-0.3, -0.25) is 0 Å². The lowest BCUT2D eigenvalue weighted by Gasteiger charge is -2.36. The van der Waals surface area contributed by atoms with Crippen LogP contribution in [-0.2, 0) is 0 Å². The number of benzene rings is 2. The largest absolute Gasteiger partial charge is 0.489 e. The molecule has 0 aromatic heterocycles. The fourth-order valence-electron chi connectivity index (χ4n) is 2.56. The molecule has 2 aromatic rings. The van der Waals surface area contributed by atoms with Gasteiger partial charge in [-0.15, -0.1) is 0 Å². The molecule has 0 fully saturated rings. The van der Waals surface area contributed by atoms with E-state index in [4.69, 9.17) is 10.5 Å². The molecule has 1 atom stereocenters. The molecule has 0 bridgehead atoms. The molecule has 1 heterocycles. The molecule has 0 spiro atoms. The molecule has 0 aliphatic carbocycles. The Balaban J connectivity index is 2.16. The van der Waals surface area contributed by atoms with Crippen LogP contribution in [0, 0.1) is 0 Å². The average Bonchev–Trinajstić information content (AvgIpc) is 2.45. The van der Waals surface area contributed by atoms with Crippen molar-refractivity contribution in [2.75, 3.05) is 24.6 Å². The van der Waals surface area contributed by atoms with Crippen molar-refractivity contribution in [1.29, 1.82) is 0 Å². The SMILES string of the molecule is CC(CN)N1CCOc2c1ccc1ccccc21. The van der Waals surface area contributed by atoms with Gasteiger partial charge in [-0.1, -0.05) is 30.3 Å². The molecule has 0 radical (unpaired) electrons. The standard InChI is InChI=1S/C15H18N2O/c1-11(10-16)17-8-9-18-15-13-5-3-2-4-12(13)6-7-14(15)17/h2-7,11H,8-10,16H2,1H3. The summed E-state index contributed by atoms with van der Waals surface area (Å²) < 4.78 is 5.88. The van der Waals surface area contributed by atoms with E-state index in [0.29, 0.717) is 12.6 Å². The third-order valence-electron chi connectivity index (χ3n) is 3.62. The molecule has 0 amide bonds. The van der Waals surface area contributed by atoms with E-state index in [-0.39, 0.29) is 0 Å². The van der Waals surface area contributed by atoms with Crippen molar-refractivity contribution < 1.29 is 4.74 Å². The number of ether oxygens (including phenoxy) is 1. The first-order chi connectivity index (χ1) is 8.81. The quantitative estimate of drug-likeness (QED) is 0.878. The Kier molecular flexibility index (Phi) is 2.84. The van der Waals surface area contributed by atoms with Gasteiger partial charge in [-0.2, -0.15) is 0 Å². The normalized spacial score (nSPS) is 16.2. The van der Waals surface area contributed by atoms with Crippen LogP contribution in [0.4, 0.5) is 5.69 Å². The molecule has 18 heavy (non-hydrogen) atoms. The van der Waals surface area contributed by atoms with Crippen LogP contribution in [-0.4, -0.2) is 25.7 Å². The van der Waals surface area contributed by atoms with Gasteiger partial charge in [0, 0.05) is 18.0 Å². The minimum Gasteiger partial charge on any atom is -0.489 e. The summed E-state index contributed by atoms with van der Waals surface area (Å²) in [7, 11) is 0. The lowest BCUT2D eigenvalue weighted by Crippen LogP contribution is -2.43. The van der Waals surface area contributed by atoms with Crippen molar-refractivity contribution in [1.82, 2.24) is 0 Å². The van der Waals surface area contributed by atoms with Gasteiger partial charge in [0.15, 0.2) is 5.75 Å². The average molecular weight is 242 g/mol. The summed E-state index contributed by atoms with van der Waals surface area (Å²) in [5, 5.41) is 2.41. The Morgan fingerprint density at radius 3 is 2.94 bits per heavy atom. The molecule has 94 valence electrons. The summed E-state index contributed by atoms with van der Waals surface area (Å²) in [6.07, 6.45) is 0. The summed E-state index contributed by atoms with van der Waals surface area (Å²) in [6, 6.07) is 13.0. The number of nitrogens with zero attached hydrogens (tertiary/aromatic N) is 1. The number of hydrogen-bond donors (Lipinski definition) is 1. The zero-order chi connectivity index (χ0) is 12.5. The molecule has 0 saturated heterocycles. The molecule has 1 aliphatic rings. The molecule has 2 N–H and O–H groups in total. The van der Waals surface area contributed by atoms with E-state index < -0.39 is 0 Å². The van der Waals surface area contributed by atoms with Crippen LogP contribution in [0.3, 0.4) is 0 Å². The molecule has 2 aromatic carbocycles. The molecular formula is C15H18N2O. The summed E-state index contributed by atoms with van der Waals surface area (Å²) in [5.74, 6) is 1.000. The van der Waals surface area contributed by atoms with E-state index >= 15 is 0 Å². The molecule has 3 heteroatoms. The van der Waals surface area contributed by atoms with Crippen molar-refractivity contribution in [3.05, 3.63) is 36.4 Å². The van der Waals surface area contributed by atoms with Crippen molar-refractivity contribution in [2.24, 2.45) is 5.73 Å². The second-order valence-electron chi connectivity index (χ2n) is 4.76. The monoisotopic (exact) mass is 242 g/mol. The summed E-state index contributed by atoms with van der Waals surface area (Å²) in [5.41, 5.74) is 6.95. The third kappa shape index (κ3) is 1.71. The highest BCUT2D eigenvalue weighted by Crippen LogP contribution is 2.39. The lowest BCUT2D eigenvalue weighted by molar-refractivity contribution is 0.305. The molecular weight excluding hydrogens is 224 g/mol. The highest BCUT2D eigenvalue weighted by molar-refractivity contribution is 5.94. The van der Waals surface area contributed by atoms with E-state index in [2.05, 4.69) is 48.2 Å². The maximum atomic E-state index is 5.88. The molecule has 3 rings (SSSR count).